The van der Waals surface area contributed by atoms with Crippen LogP contribution in [0.4, 0.5) is 0 Å². The Kier molecular flexibility index (Phi) is 6.56. The van der Waals surface area contributed by atoms with E-state index in [9.17, 15) is 9.59 Å². The van der Waals surface area contributed by atoms with Crippen LogP contribution in [0.1, 0.15) is 12.0 Å². The molecule has 1 aromatic carbocycles. The van der Waals surface area contributed by atoms with E-state index in [-0.39, 0.29) is 18.0 Å². The first-order valence-electron chi connectivity index (χ1n) is 10.2. The van der Waals surface area contributed by atoms with Crippen LogP contribution in [-0.2, 0) is 16.1 Å². The Hall–Kier alpha value is -2.55. The van der Waals surface area contributed by atoms with E-state index in [2.05, 4.69) is 15.2 Å². The number of hydrogen-bond donors (Lipinski definition) is 1. The number of hydrogen-bond acceptors (Lipinski definition) is 6. The molecule has 8 heteroatoms. The van der Waals surface area contributed by atoms with Crippen LogP contribution in [0.3, 0.4) is 0 Å². The molecular formula is C22H26N4O3S. The number of rotatable bonds is 7. The number of morpholine rings is 1. The van der Waals surface area contributed by atoms with E-state index in [1.165, 1.54) is 27.8 Å². The molecule has 3 heterocycles. The van der Waals surface area contributed by atoms with E-state index in [1.807, 2.05) is 36.6 Å². The van der Waals surface area contributed by atoms with Crippen molar-refractivity contribution in [2.75, 3.05) is 39.4 Å². The summed E-state index contributed by atoms with van der Waals surface area (Å²) in [5.41, 5.74) is 2.84. The van der Waals surface area contributed by atoms with Crippen molar-refractivity contribution in [1.82, 2.24) is 19.8 Å². The van der Waals surface area contributed by atoms with Crippen LogP contribution in [0.2, 0.25) is 0 Å². The molecule has 1 fully saturated rings. The smallest absolute Gasteiger partial charge is 0.263 e. The summed E-state index contributed by atoms with van der Waals surface area (Å²) in [7, 11) is 0. The molecule has 0 unspecified atom stereocenters. The summed E-state index contributed by atoms with van der Waals surface area (Å²) < 4.78 is 6.73. The Balaban J connectivity index is 1.41. The maximum absolute atomic E-state index is 13.1. The molecule has 1 N–H and O–H groups in total. The third kappa shape index (κ3) is 4.77. The van der Waals surface area contributed by atoms with E-state index in [4.69, 9.17) is 4.74 Å². The molecule has 0 atom stereocenters. The van der Waals surface area contributed by atoms with Gasteiger partial charge in [0, 0.05) is 30.6 Å². The van der Waals surface area contributed by atoms with Gasteiger partial charge in [-0.1, -0.05) is 29.8 Å². The van der Waals surface area contributed by atoms with Gasteiger partial charge in [-0.05, 0) is 25.5 Å². The number of amides is 1. The maximum atomic E-state index is 13.1. The van der Waals surface area contributed by atoms with Crippen molar-refractivity contribution in [3.8, 4) is 11.1 Å². The number of nitrogens with zero attached hydrogens (tertiary/aromatic N) is 3. The fourth-order valence-electron chi connectivity index (χ4n) is 3.59. The highest BCUT2D eigenvalue weighted by Crippen LogP contribution is 2.30. The fraction of sp³-hybridized carbons (Fsp3) is 0.409. The number of aromatic nitrogens is 2. The Labute approximate surface area is 179 Å². The topological polar surface area (TPSA) is 76.5 Å². The second-order valence-corrected chi connectivity index (χ2v) is 8.39. The standard InChI is InChI=1S/C22H26N4O3S/c1-16-3-5-17(6-4-16)18-14-30-21-20(18)22(28)26(15-24-21)13-19(27)23-7-2-8-25-9-11-29-12-10-25/h3-6,14-15H,2,7-13H2,1H3,(H,23,27). The number of fused-ring (bicyclic) bond motifs is 1. The Morgan fingerprint density at radius 2 is 2.00 bits per heavy atom. The monoisotopic (exact) mass is 426 g/mol. The van der Waals surface area contributed by atoms with Gasteiger partial charge >= 0.3 is 0 Å². The average Bonchev–Trinajstić information content (AvgIpc) is 3.19. The molecule has 0 aliphatic carbocycles. The molecule has 1 saturated heterocycles. The first kappa shape index (κ1) is 20.7. The molecule has 0 bridgehead atoms. The zero-order valence-electron chi connectivity index (χ0n) is 17.1. The summed E-state index contributed by atoms with van der Waals surface area (Å²) in [6, 6.07) is 8.07. The summed E-state index contributed by atoms with van der Waals surface area (Å²) in [6.07, 6.45) is 2.34. The van der Waals surface area contributed by atoms with Crippen molar-refractivity contribution < 1.29 is 9.53 Å². The lowest BCUT2D eigenvalue weighted by atomic mass is 10.1. The molecular weight excluding hydrogens is 400 g/mol. The van der Waals surface area contributed by atoms with E-state index in [1.54, 1.807) is 0 Å². The van der Waals surface area contributed by atoms with E-state index >= 15 is 0 Å². The number of ether oxygens (including phenoxy) is 1. The highest BCUT2D eigenvalue weighted by atomic mass is 32.1. The number of carbonyl (C=O) groups is 1. The SMILES string of the molecule is Cc1ccc(-c2csc3ncn(CC(=O)NCCCN4CCOCC4)c(=O)c23)cc1. The molecule has 1 aliphatic rings. The van der Waals surface area contributed by atoms with E-state index in [0.717, 1.165) is 50.4 Å². The van der Waals surface area contributed by atoms with Gasteiger partial charge in [-0.2, -0.15) is 0 Å². The molecule has 0 radical (unpaired) electrons. The van der Waals surface area contributed by atoms with Gasteiger partial charge in [0.2, 0.25) is 5.91 Å². The predicted octanol–water partition coefficient (Wildman–Crippen LogP) is 2.27. The second-order valence-electron chi connectivity index (χ2n) is 7.53. The molecule has 1 aliphatic heterocycles. The minimum absolute atomic E-state index is 0.0253. The van der Waals surface area contributed by atoms with Crippen LogP contribution in [0, 0.1) is 6.92 Å². The number of thiophene rings is 1. The zero-order chi connectivity index (χ0) is 20.9. The summed E-state index contributed by atoms with van der Waals surface area (Å²) >= 11 is 1.45. The molecule has 3 aromatic rings. The molecule has 30 heavy (non-hydrogen) atoms. The van der Waals surface area contributed by atoms with Gasteiger partial charge in [-0.15, -0.1) is 11.3 Å². The van der Waals surface area contributed by atoms with Gasteiger partial charge in [0.1, 0.15) is 11.4 Å². The van der Waals surface area contributed by atoms with Gasteiger partial charge in [-0.3, -0.25) is 19.1 Å². The minimum atomic E-state index is -0.180. The molecule has 158 valence electrons. The zero-order valence-corrected chi connectivity index (χ0v) is 17.9. The summed E-state index contributed by atoms with van der Waals surface area (Å²) in [4.78, 5) is 32.8. The van der Waals surface area contributed by atoms with E-state index < -0.39 is 0 Å². The molecule has 7 nitrogen and oxygen atoms in total. The van der Waals surface area contributed by atoms with Gasteiger partial charge < -0.3 is 10.1 Å². The fourth-order valence-corrected chi connectivity index (χ4v) is 4.50. The van der Waals surface area contributed by atoms with Crippen LogP contribution in [-0.4, -0.2) is 59.8 Å². The second kappa shape index (κ2) is 9.51. The van der Waals surface area contributed by atoms with Gasteiger partial charge in [0.05, 0.1) is 24.9 Å². The quantitative estimate of drug-likeness (QED) is 0.587. The summed E-state index contributed by atoms with van der Waals surface area (Å²) in [5, 5.41) is 5.44. The maximum Gasteiger partial charge on any atom is 0.263 e. The predicted molar refractivity (Wildman–Crippen MR) is 119 cm³/mol. The number of aryl methyl sites for hydroxylation is 1. The number of carbonyl (C=O) groups excluding carboxylic acids is 1. The Bertz CT molecular complexity index is 1070. The number of nitrogens with one attached hydrogen (secondary N) is 1. The van der Waals surface area contributed by atoms with Crippen molar-refractivity contribution >= 4 is 27.5 Å². The third-order valence-corrected chi connectivity index (χ3v) is 6.20. The molecule has 1 amide bonds. The highest BCUT2D eigenvalue weighted by molar-refractivity contribution is 7.17. The van der Waals surface area contributed by atoms with Crippen LogP contribution < -0.4 is 10.9 Å². The molecule has 4 rings (SSSR count). The van der Waals surface area contributed by atoms with E-state index in [0.29, 0.717) is 16.8 Å². The van der Waals surface area contributed by atoms with Crippen molar-refractivity contribution in [1.29, 1.82) is 0 Å². The first-order chi connectivity index (χ1) is 14.6. The van der Waals surface area contributed by atoms with Gasteiger partial charge in [0.25, 0.3) is 5.56 Å². The Morgan fingerprint density at radius 1 is 1.23 bits per heavy atom. The van der Waals surface area contributed by atoms with Crippen LogP contribution in [0.5, 0.6) is 0 Å². The molecule has 0 saturated carbocycles. The minimum Gasteiger partial charge on any atom is -0.379 e. The molecule has 0 spiro atoms. The highest BCUT2D eigenvalue weighted by Gasteiger charge is 2.15. The number of benzene rings is 1. The average molecular weight is 427 g/mol. The lowest BCUT2D eigenvalue weighted by Crippen LogP contribution is -2.38. The van der Waals surface area contributed by atoms with Crippen LogP contribution >= 0.6 is 11.3 Å². The van der Waals surface area contributed by atoms with Crippen molar-refractivity contribution in [2.45, 2.75) is 19.9 Å². The van der Waals surface area contributed by atoms with Crippen LogP contribution in [0.15, 0.2) is 40.8 Å². The van der Waals surface area contributed by atoms with Crippen molar-refractivity contribution in [3.05, 3.63) is 51.9 Å². The summed E-state index contributed by atoms with van der Waals surface area (Å²) in [5.74, 6) is -0.174. The lowest BCUT2D eigenvalue weighted by molar-refractivity contribution is -0.121. The first-order valence-corrected chi connectivity index (χ1v) is 11.1. The van der Waals surface area contributed by atoms with Crippen LogP contribution in [0.25, 0.3) is 21.3 Å². The Morgan fingerprint density at radius 3 is 2.77 bits per heavy atom. The summed E-state index contributed by atoms with van der Waals surface area (Å²) in [6.45, 7) is 6.97. The van der Waals surface area contributed by atoms with Crippen molar-refractivity contribution in [2.24, 2.45) is 0 Å². The third-order valence-electron chi connectivity index (χ3n) is 5.31. The van der Waals surface area contributed by atoms with Gasteiger partial charge in [-0.25, -0.2) is 4.98 Å². The largest absolute Gasteiger partial charge is 0.379 e. The molecule has 2 aromatic heterocycles. The van der Waals surface area contributed by atoms with Gasteiger partial charge in [0.15, 0.2) is 0 Å². The lowest BCUT2D eigenvalue weighted by Gasteiger charge is -2.26. The normalized spacial score (nSPS) is 14.8. The van der Waals surface area contributed by atoms with Crippen molar-refractivity contribution in [3.63, 3.8) is 0 Å².